The Kier molecular flexibility index (Phi) is 3.02. The first kappa shape index (κ1) is 12.5. The molecule has 3 heteroatoms. The summed E-state index contributed by atoms with van der Waals surface area (Å²) in [7, 11) is 3.90. The maximum Gasteiger partial charge on any atom is 0.143 e. The van der Waals surface area contributed by atoms with Gasteiger partial charge in [0, 0.05) is 18.1 Å². The summed E-state index contributed by atoms with van der Waals surface area (Å²) < 4.78 is 7.89. The van der Waals surface area contributed by atoms with Crippen LogP contribution < -0.4 is 10.5 Å². The number of nitrogens with zero attached hydrogens (tertiary/aromatic N) is 1. The van der Waals surface area contributed by atoms with Crippen molar-refractivity contribution in [3.8, 4) is 5.75 Å². The average Bonchev–Trinajstić information content (AvgIpc) is 2.71. The molecule has 1 aromatic heterocycles. The molecule has 0 aliphatic heterocycles. The SMILES string of the molecule is COc1cc(C)cc2c3c(n(C)c12)CCCC3CN. The van der Waals surface area contributed by atoms with Crippen LogP contribution in [0.15, 0.2) is 12.1 Å². The highest BCUT2D eigenvalue weighted by Crippen LogP contribution is 2.41. The van der Waals surface area contributed by atoms with Crippen LogP contribution in [0.25, 0.3) is 10.9 Å². The van der Waals surface area contributed by atoms with E-state index in [2.05, 4.69) is 30.7 Å². The van der Waals surface area contributed by atoms with Crippen molar-refractivity contribution >= 4 is 10.9 Å². The zero-order valence-corrected chi connectivity index (χ0v) is 12.0. The van der Waals surface area contributed by atoms with E-state index in [0.717, 1.165) is 18.7 Å². The molecule has 2 N–H and O–H groups in total. The number of hydrogen-bond donors (Lipinski definition) is 1. The van der Waals surface area contributed by atoms with Gasteiger partial charge in [0.25, 0.3) is 0 Å². The van der Waals surface area contributed by atoms with Crippen LogP contribution in [0.2, 0.25) is 0 Å². The predicted molar refractivity (Wildman–Crippen MR) is 78.9 cm³/mol. The van der Waals surface area contributed by atoms with Crippen molar-refractivity contribution < 1.29 is 4.74 Å². The Labute approximate surface area is 114 Å². The van der Waals surface area contributed by atoms with E-state index in [1.165, 1.54) is 40.6 Å². The normalized spacial score (nSPS) is 18.6. The third-order valence-corrected chi connectivity index (χ3v) is 4.44. The summed E-state index contributed by atoms with van der Waals surface area (Å²) in [6.45, 7) is 2.87. The summed E-state index contributed by atoms with van der Waals surface area (Å²) in [6, 6.07) is 4.40. The largest absolute Gasteiger partial charge is 0.495 e. The summed E-state index contributed by atoms with van der Waals surface area (Å²) in [6.07, 6.45) is 3.60. The summed E-state index contributed by atoms with van der Waals surface area (Å²) in [5.41, 5.74) is 11.4. The number of nitrogens with two attached hydrogens (primary N) is 1. The summed E-state index contributed by atoms with van der Waals surface area (Å²) in [5, 5.41) is 1.34. The zero-order valence-electron chi connectivity index (χ0n) is 12.0. The molecule has 0 fully saturated rings. The number of hydrogen-bond acceptors (Lipinski definition) is 2. The van der Waals surface area contributed by atoms with E-state index in [9.17, 15) is 0 Å². The molecule has 19 heavy (non-hydrogen) atoms. The van der Waals surface area contributed by atoms with Gasteiger partial charge < -0.3 is 15.0 Å². The summed E-state index contributed by atoms with van der Waals surface area (Å²) >= 11 is 0. The maximum atomic E-state index is 5.99. The number of fused-ring (bicyclic) bond motifs is 3. The summed E-state index contributed by atoms with van der Waals surface area (Å²) in [5.74, 6) is 1.47. The van der Waals surface area contributed by atoms with E-state index in [1.54, 1.807) is 7.11 Å². The smallest absolute Gasteiger partial charge is 0.143 e. The molecule has 0 amide bonds. The number of ether oxygens (including phenoxy) is 1. The fourth-order valence-electron chi connectivity index (χ4n) is 3.58. The van der Waals surface area contributed by atoms with Crippen LogP contribution in [0.1, 0.15) is 35.6 Å². The molecular formula is C16H22N2O. The van der Waals surface area contributed by atoms with E-state index >= 15 is 0 Å². The highest BCUT2D eigenvalue weighted by Gasteiger charge is 2.27. The average molecular weight is 258 g/mol. The Balaban J connectivity index is 2.39. The third kappa shape index (κ3) is 1.76. The molecule has 0 spiro atoms. The molecule has 1 aliphatic carbocycles. The minimum Gasteiger partial charge on any atom is -0.495 e. The van der Waals surface area contributed by atoms with Gasteiger partial charge in [0.05, 0.1) is 12.6 Å². The van der Waals surface area contributed by atoms with Crippen LogP contribution >= 0.6 is 0 Å². The number of benzene rings is 1. The second-order valence-corrected chi connectivity index (χ2v) is 5.61. The zero-order chi connectivity index (χ0) is 13.6. The molecule has 1 aromatic carbocycles. The van der Waals surface area contributed by atoms with Crippen molar-refractivity contribution in [3.05, 3.63) is 29.0 Å². The monoisotopic (exact) mass is 258 g/mol. The quantitative estimate of drug-likeness (QED) is 0.899. The van der Waals surface area contributed by atoms with E-state index in [0.29, 0.717) is 5.92 Å². The lowest BCUT2D eigenvalue weighted by atomic mass is 9.85. The first-order valence-corrected chi connectivity index (χ1v) is 7.03. The molecule has 102 valence electrons. The van der Waals surface area contributed by atoms with Crippen molar-refractivity contribution in [1.82, 2.24) is 4.57 Å². The van der Waals surface area contributed by atoms with Gasteiger partial charge in [-0.3, -0.25) is 0 Å². The van der Waals surface area contributed by atoms with Gasteiger partial charge in [-0.25, -0.2) is 0 Å². The number of rotatable bonds is 2. The Morgan fingerprint density at radius 1 is 1.42 bits per heavy atom. The van der Waals surface area contributed by atoms with E-state index in [-0.39, 0.29) is 0 Å². The summed E-state index contributed by atoms with van der Waals surface area (Å²) in [4.78, 5) is 0. The van der Waals surface area contributed by atoms with Crippen molar-refractivity contribution in [2.75, 3.05) is 13.7 Å². The first-order valence-electron chi connectivity index (χ1n) is 7.03. The van der Waals surface area contributed by atoms with Crippen LogP contribution in [-0.4, -0.2) is 18.2 Å². The van der Waals surface area contributed by atoms with Gasteiger partial charge in [0.2, 0.25) is 0 Å². The van der Waals surface area contributed by atoms with Crippen molar-refractivity contribution in [2.24, 2.45) is 12.8 Å². The molecule has 0 saturated carbocycles. The topological polar surface area (TPSA) is 40.2 Å². The van der Waals surface area contributed by atoms with Gasteiger partial charge in [0.15, 0.2) is 0 Å². The molecule has 1 unspecified atom stereocenters. The maximum absolute atomic E-state index is 5.99. The second kappa shape index (κ2) is 4.57. The lowest BCUT2D eigenvalue weighted by Crippen LogP contribution is -2.18. The molecule has 1 heterocycles. The molecule has 3 rings (SSSR count). The molecule has 0 radical (unpaired) electrons. The van der Waals surface area contributed by atoms with Crippen LogP contribution in [0, 0.1) is 6.92 Å². The van der Waals surface area contributed by atoms with Gasteiger partial charge in [-0.15, -0.1) is 0 Å². The van der Waals surface area contributed by atoms with E-state index < -0.39 is 0 Å². The molecule has 0 bridgehead atoms. The lowest BCUT2D eigenvalue weighted by Gasteiger charge is -2.22. The molecule has 3 nitrogen and oxygen atoms in total. The second-order valence-electron chi connectivity index (χ2n) is 5.61. The highest BCUT2D eigenvalue weighted by atomic mass is 16.5. The third-order valence-electron chi connectivity index (χ3n) is 4.44. The Morgan fingerprint density at radius 3 is 2.89 bits per heavy atom. The molecule has 1 atom stereocenters. The molecule has 2 aromatic rings. The minimum atomic E-state index is 0.499. The van der Waals surface area contributed by atoms with Crippen LogP contribution in [0.4, 0.5) is 0 Å². The Morgan fingerprint density at radius 2 is 2.21 bits per heavy atom. The molecule has 0 saturated heterocycles. The number of aromatic nitrogens is 1. The molecular weight excluding hydrogens is 236 g/mol. The van der Waals surface area contributed by atoms with Crippen molar-refractivity contribution in [2.45, 2.75) is 32.1 Å². The van der Waals surface area contributed by atoms with Crippen LogP contribution in [0.3, 0.4) is 0 Å². The standard InChI is InChI=1S/C16H22N2O/c1-10-7-12-15-11(9-17)5-4-6-13(15)18(2)16(12)14(8-10)19-3/h7-8,11H,4-6,9,17H2,1-3H3. The fourth-order valence-corrected chi connectivity index (χ4v) is 3.58. The van der Waals surface area contributed by atoms with E-state index in [1.807, 2.05) is 0 Å². The lowest BCUT2D eigenvalue weighted by molar-refractivity contribution is 0.417. The van der Waals surface area contributed by atoms with Crippen molar-refractivity contribution in [3.63, 3.8) is 0 Å². The van der Waals surface area contributed by atoms with Crippen molar-refractivity contribution in [1.29, 1.82) is 0 Å². The van der Waals surface area contributed by atoms with Crippen LogP contribution in [0.5, 0.6) is 5.75 Å². The van der Waals surface area contributed by atoms with Crippen LogP contribution in [-0.2, 0) is 13.5 Å². The van der Waals surface area contributed by atoms with Gasteiger partial charge in [-0.2, -0.15) is 0 Å². The predicted octanol–water partition coefficient (Wildman–Crippen LogP) is 2.87. The van der Waals surface area contributed by atoms with Gasteiger partial charge in [0.1, 0.15) is 5.75 Å². The Hall–Kier alpha value is -1.48. The Bertz CT molecular complexity index is 627. The fraction of sp³-hybridized carbons (Fsp3) is 0.500. The van der Waals surface area contributed by atoms with E-state index in [4.69, 9.17) is 10.5 Å². The first-order chi connectivity index (χ1) is 9.17. The van der Waals surface area contributed by atoms with Gasteiger partial charge >= 0.3 is 0 Å². The molecule has 1 aliphatic rings. The van der Waals surface area contributed by atoms with Gasteiger partial charge in [-0.05, 0) is 61.9 Å². The number of aryl methyl sites for hydroxylation is 2. The minimum absolute atomic E-state index is 0.499. The number of methoxy groups -OCH3 is 1. The van der Waals surface area contributed by atoms with Gasteiger partial charge in [-0.1, -0.05) is 0 Å². The highest BCUT2D eigenvalue weighted by molar-refractivity contribution is 5.92.